The van der Waals surface area contributed by atoms with Gasteiger partial charge in [0.05, 0.1) is 6.61 Å². The summed E-state index contributed by atoms with van der Waals surface area (Å²) in [5.74, 6) is -3.77. The van der Waals surface area contributed by atoms with Gasteiger partial charge in [-0.1, -0.05) is 12.1 Å². The Morgan fingerprint density at radius 1 is 1.24 bits per heavy atom. The van der Waals surface area contributed by atoms with Gasteiger partial charge in [-0.25, -0.2) is 8.78 Å². The Morgan fingerprint density at radius 2 is 1.95 bits per heavy atom. The molecule has 0 aromatic heterocycles. The third-order valence-corrected chi connectivity index (χ3v) is 2.50. The van der Waals surface area contributed by atoms with E-state index in [0.29, 0.717) is 12.3 Å². The minimum atomic E-state index is -4.23. The van der Waals surface area contributed by atoms with Crippen molar-refractivity contribution in [1.29, 1.82) is 0 Å². The maximum Gasteiger partial charge on any atom is 0.330 e. The number of benzene rings is 1. The summed E-state index contributed by atoms with van der Waals surface area (Å²) in [4.78, 5) is 0. The van der Waals surface area contributed by atoms with Gasteiger partial charge in [-0.15, -0.1) is 0 Å². The van der Waals surface area contributed by atoms with Crippen LogP contribution in [-0.4, -0.2) is 43.4 Å². The fourth-order valence-electron chi connectivity index (χ4n) is 1.40. The zero-order chi connectivity index (χ0) is 15.9. The second-order valence-corrected chi connectivity index (χ2v) is 4.39. The van der Waals surface area contributed by atoms with Crippen LogP contribution in [0.5, 0.6) is 5.75 Å². The summed E-state index contributed by atoms with van der Waals surface area (Å²) in [6.45, 7) is -1.87. The van der Waals surface area contributed by atoms with Crippen LogP contribution >= 0.6 is 0 Å². The molecule has 0 amide bonds. The number of hydrogen-bond donors (Lipinski definition) is 2. The molecule has 8 heteroatoms. The molecule has 0 aliphatic heterocycles. The first kappa shape index (κ1) is 17.7. The molecule has 1 atom stereocenters. The number of ether oxygens (including phenoxy) is 2. The number of rotatable bonds is 9. The zero-order valence-corrected chi connectivity index (χ0v) is 11.1. The van der Waals surface area contributed by atoms with Crippen LogP contribution < -0.4 is 10.5 Å². The zero-order valence-electron chi connectivity index (χ0n) is 11.1. The number of aliphatic hydroxyl groups is 1. The Balaban J connectivity index is 2.29. The molecule has 0 radical (unpaired) electrons. The van der Waals surface area contributed by atoms with E-state index >= 15 is 0 Å². The van der Waals surface area contributed by atoms with Crippen molar-refractivity contribution in [2.45, 2.75) is 25.0 Å². The van der Waals surface area contributed by atoms with Crippen molar-refractivity contribution in [3.05, 3.63) is 29.8 Å². The molecular formula is C13H17F4NO3. The molecule has 4 nitrogen and oxygen atoms in total. The van der Waals surface area contributed by atoms with E-state index in [0.717, 1.165) is 5.56 Å². The number of alkyl halides is 4. The summed E-state index contributed by atoms with van der Waals surface area (Å²) >= 11 is 0. The Kier molecular flexibility index (Phi) is 6.86. The van der Waals surface area contributed by atoms with Crippen molar-refractivity contribution in [3.8, 4) is 5.75 Å². The van der Waals surface area contributed by atoms with Crippen molar-refractivity contribution in [2.75, 3.05) is 19.8 Å². The molecular weight excluding hydrogens is 294 g/mol. The summed E-state index contributed by atoms with van der Waals surface area (Å²) in [6, 6.07) is 6.80. The average Bonchev–Trinajstić information content (AvgIpc) is 2.45. The Labute approximate surface area is 119 Å². The summed E-state index contributed by atoms with van der Waals surface area (Å²) in [5, 5.41) is 9.47. The largest absolute Gasteiger partial charge is 0.491 e. The normalized spacial score (nSPS) is 13.5. The van der Waals surface area contributed by atoms with Crippen LogP contribution in [0.3, 0.4) is 0 Å². The van der Waals surface area contributed by atoms with E-state index in [1.807, 2.05) is 0 Å². The minimum absolute atomic E-state index is 0.214. The molecule has 1 aromatic rings. The lowest BCUT2D eigenvalue weighted by molar-refractivity contribution is -0.171. The first-order chi connectivity index (χ1) is 9.85. The van der Waals surface area contributed by atoms with E-state index < -0.39 is 31.7 Å². The summed E-state index contributed by atoms with van der Waals surface area (Å²) in [6.07, 6.45) is -5.01. The van der Waals surface area contributed by atoms with E-state index in [9.17, 15) is 22.7 Å². The predicted molar refractivity (Wildman–Crippen MR) is 67.6 cm³/mol. The number of aliphatic hydroxyl groups excluding tert-OH is 1. The van der Waals surface area contributed by atoms with E-state index in [2.05, 4.69) is 4.74 Å². The van der Waals surface area contributed by atoms with Crippen LogP contribution in [0.4, 0.5) is 17.6 Å². The van der Waals surface area contributed by atoms with Crippen LogP contribution in [-0.2, 0) is 11.3 Å². The highest BCUT2D eigenvalue weighted by Gasteiger charge is 2.41. The smallest absolute Gasteiger partial charge is 0.330 e. The fraction of sp³-hybridized carbons (Fsp3) is 0.538. The lowest BCUT2D eigenvalue weighted by atomic mass is 10.2. The highest BCUT2D eigenvalue weighted by atomic mass is 19.3. The average molecular weight is 311 g/mol. The summed E-state index contributed by atoms with van der Waals surface area (Å²) in [7, 11) is 0. The van der Waals surface area contributed by atoms with Gasteiger partial charge in [0.25, 0.3) is 0 Å². The van der Waals surface area contributed by atoms with Gasteiger partial charge in [-0.3, -0.25) is 0 Å². The van der Waals surface area contributed by atoms with Gasteiger partial charge in [-0.2, -0.15) is 8.78 Å². The standard InChI is InChI=1S/C13H17F4NO3/c14-12(15)13(16,17)8-20-6-10(19)7-21-11-3-1-2-9(4-11)5-18/h1-4,10,12,19H,5-8,18H2. The van der Waals surface area contributed by atoms with Crippen LogP contribution in [0, 0.1) is 0 Å². The quantitative estimate of drug-likeness (QED) is 0.683. The molecule has 0 saturated heterocycles. The van der Waals surface area contributed by atoms with E-state index in [1.165, 1.54) is 0 Å². The van der Waals surface area contributed by atoms with E-state index in [1.54, 1.807) is 24.3 Å². The van der Waals surface area contributed by atoms with Gasteiger partial charge in [0.1, 0.15) is 25.1 Å². The van der Waals surface area contributed by atoms with Crippen molar-refractivity contribution in [1.82, 2.24) is 0 Å². The highest BCUT2D eigenvalue weighted by Crippen LogP contribution is 2.22. The van der Waals surface area contributed by atoms with Crippen LogP contribution in [0.15, 0.2) is 24.3 Å². The molecule has 0 aliphatic carbocycles. The highest BCUT2D eigenvalue weighted by molar-refractivity contribution is 5.28. The van der Waals surface area contributed by atoms with Crippen LogP contribution in [0.1, 0.15) is 5.56 Å². The maximum atomic E-state index is 12.5. The van der Waals surface area contributed by atoms with Gasteiger partial charge in [-0.05, 0) is 17.7 Å². The monoisotopic (exact) mass is 311 g/mol. The molecule has 120 valence electrons. The Morgan fingerprint density at radius 3 is 2.57 bits per heavy atom. The minimum Gasteiger partial charge on any atom is -0.491 e. The van der Waals surface area contributed by atoms with Crippen molar-refractivity contribution < 1.29 is 32.1 Å². The van der Waals surface area contributed by atoms with Crippen molar-refractivity contribution in [2.24, 2.45) is 5.73 Å². The number of hydrogen-bond acceptors (Lipinski definition) is 4. The van der Waals surface area contributed by atoms with Gasteiger partial charge in [0.2, 0.25) is 0 Å². The predicted octanol–water partition coefficient (Wildman–Crippen LogP) is 1.80. The first-order valence-corrected chi connectivity index (χ1v) is 6.18. The summed E-state index contributed by atoms with van der Waals surface area (Å²) < 4.78 is 58.4. The third kappa shape index (κ3) is 6.28. The van der Waals surface area contributed by atoms with Gasteiger partial charge >= 0.3 is 12.3 Å². The molecule has 1 aromatic carbocycles. The second-order valence-electron chi connectivity index (χ2n) is 4.39. The molecule has 3 N–H and O–H groups in total. The SMILES string of the molecule is NCc1cccc(OCC(O)COCC(F)(F)C(F)F)c1. The first-order valence-electron chi connectivity index (χ1n) is 6.18. The molecule has 0 heterocycles. The third-order valence-electron chi connectivity index (χ3n) is 2.50. The molecule has 0 saturated carbocycles. The summed E-state index contributed by atoms with van der Waals surface area (Å²) in [5.41, 5.74) is 6.28. The Hall–Kier alpha value is -1.38. The number of nitrogens with two attached hydrogens (primary N) is 1. The van der Waals surface area contributed by atoms with E-state index in [-0.39, 0.29) is 6.61 Å². The van der Waals surface area contributed by atoms with E-state index in [4.69, 9.17) is 10.5 Å². The molecule has 1 unspecified atom stereocenters. The van der Waals surface area contributed by atoms with Gasteiger partial charge < -0.3 is 20.3 Å². The van der Waals surface area contributed by atoms with Crippen molar-refractivity contribution in [3.63, 3.8) is 0 Å². The number of halogens is 4. The molecule has 0 aliphatic rings. The molecule has 0 spiro atoms. The molecule has 0 fully saturated rings. The fourth-order valence-corrected chi connectivity index (χ4v) is 1.40. The molecule has 1 rings (SSSR count). The topological polar surface area (TPSA) is 64.7 Å². The Bertz CT molecular complexity index is 432. The second kappa shape index (κ2) is 8.16. The lowest BCUT2D eigenvalue weighted by Gasteiger charge is -2.17. The lowest BCUT2D eigenvalue weighted by Crippen LogP contribution is -2.34. The van der Waals surface area contributed by atoms with Crippen LogP contribution in [0.2, 0.25) is 0 Å². The van der Waals surface area contributed by atoms with Gasteiger partial charge in [0, 0.05) is 6.54 Å². The molecule has 21 heavy (non-hydrogen) atoms. The maximum absolute atomic E-state index is 12.5. The van der Waals surface area contributed by atoms with Gasteiger partial charge in [0.15, 0.2) is 0 Å². The van der Waals surface area contributed by atoms with Crippen LogP contribution in [0.25, 0.3) is 0 Å². The molecule has 0 bridgehead atoms. The van der Waals surface area contributed by atoms with Crippen molar-refractivity contribution >= 4 is 0 Å².